The Kier molecular flexibility index (Phi) is 7.61. The third kappa shape index (κ3) is 4.75. The average Bonchev–Trinajstić information content (AvgIpc) is 3.17. The summed E-state index contributed by atoms with van der Waals surface area (Å²) in [5.41, 5.74) is 0.609. The summed E-state index contributed by atoms with van der Waals surface area (Å²) in [7, 11) is 4.46. The number of nitrogens with zero attached hydrogens (tertiary/aromatic N) is 4. The standard InChI is InChI=1S/C18H35N5.HI/c1-4-19-17(20-13-16-14-21(2)11-12-22(16)3)23-10-9-18(15-23)7-5-6-8-18;/h16H,4-15H2,1-3H3,(H,19,20);1H. The van der Waals surface area contributed by atoms with E-state index in [9.17, 15) is 0 Å². The van der Waals surface area contributed by atoms with E-state index < -0.39 is 0 Å². The summed E-state index contributed by atoms with van der Waals surface area (Å²) in [4.78, 5) is 12.4. The van der Waals surface area contributed by atoms with Crippen LogP contribution in [0, 0.1) is 5.41 Å². The minimum absolute atomic E-state index is 0. The fourth-order valence-electron chi connectivity index (χ4n) is 4.57. The summed E-state index contributed by atoms with van der Waals surface area (Å²) in [5.74, 6) is 1.15. The van der Waals surface area contributed by atoms with Gasteiger partial charge in [-0.3, -0.25) is 9.89 Å². The van der Waals surface area contributed by atoms with Crippen LogP contribution in [0.2, 0.25) is 0 Å². The molecule has 0 bridgehead atoms. The van der Waals surface area contributed by atoms with E-state index in [0.717, 1.165) is 32.1 Å². The van der Waals surface area contributed by atoms with Crippen molar-refractivity contribution < 1.29 is 0 Å². The van der Waals surface area contributed by atoms with E-state index >= 15 is 0 Å². The van der Waals surface area contributed by atoms with Gasteiger partial charge in [0.2, 0.25) is 0 Å². The Morgan fingerprint density at radius 1 is 1.12 bits per heavy atom. The molecule has 3 rings (SSSR count). The summed E-state index contributed by atoms with van der Waals surface area (Å²) in [6, 6.07) is 0.547. The first kappa shape index (κ1) is 20.2. The van der Waals surface area contributed by atoms with Crippen LogP contribution in [0.3, 0.4) is 0 Å². The van der Waals surface area contributed by atoms with Crippen LogP contribution >= 0.6 is 24.0 Å². The van der Waals surface area contributed by atoms with Gasteiger partial charge in [-0.25, -0.2) is 0 Å². The van der Waals surface area contributed by atoms with Crippen molar-refractivity contribution in [2.24, 2.45) is 10.4 Å². The van der Waals surface area contributed by atoms with Crippen molar-refractivity contribution in [1.82, 2.24) is 20.0 Å². The lowest BCUT2D eigenvalue weighted by molar-refractivity contribution is 0.119. The number of hydrogen-bond donors (Lipinski definition) is 1. The Labute approximate surface area is 165 Å². The summed E-state index contributed by atoms with van der Waals surface area (Å²) < 4.78 is 0. The summed E-state index contributed by atoms with van der Waals surface area (Å²) >= 11 is 0. The summed E-state index contributed by atoms with van der Waals surface area (Å²) in [6.07, 6.45) is 7.09. The van der Waals surface area contributed by atoms with E-state index in [-0.39, 0.29) is 24.0 Å². The molecule has 0 radical (unpaired) electrons. The molecule has 6 heteroatoms. The van der Waals surface area contributed by atoms with Crippen LogP contribution in [0.5, 0.6) is 0 Å². The Morgan fingerprint density at radius 2 is 1.88 bits per heavy atom. The maximum absolute atomic E-state index is 5.02. The molecule has 1 saturated carbocycles. The van der Waals surface area contributed by atoms with Crippen LogP contribution in [0.25, 0.3) is 0 Å². The maximum Gasteiger partial charge on any atom is 0.193 e. The number of aliphatic imine (C=N–C) groups is 1. The smallest absolute Gasteiger partial charge is 0.193 e. The van der Waals surface area contributed by atoms with Gasteiger partial charge in [0, 0.05) is 45.3 Å². The fraction of sp³-hybridized carbons (Fsp3) is 0.944. The number of nitrogens with one attached hydrogen (secondary N) is 1. The quantitative estimate of drug-likeness (QED) is 0.407. The maximum atomic E-state index is 5.02. The predicted molar refractivity (Wildman–Crippen MR) is 112 cm³/mol. The topological polar surface area (TPSA) is 34.1 Å². The molecule has 1 unspecified atom stereocenters. The van der Waals surface area contributed by atoms with E-state index in [4.69, 9.17) is 4.99 Å². The zero-order chi connectivity index (χ0) is 16.3. The Balaban J connectivity index is 0.00000208. The first-order valence-electron chi connectivity index (χ1n) is 9.54. The molecule has 5 nitrogen and oxygen atoms in total. The van der Waals surface area contributed by atoms with Gasteiger partial charge in [-0.1, -0.05) is 12.8 Å². The Morgan fingerprint density at radius 3 is 2.58 bits per heavy atom. The number of likely N-dealkylation sites (tertiary alicyclic amines) is 1. The van der Waals surface area contributed by atoms with Crippen LogP contribution in [0.4, 0.5) is 0 Å². The molecule has 0 aromatic carbocycles. The molecule has 1 N–H and O–H groups in total. The number of hydrogen-bond acceptors (Lipinski definition) is 3. The Bertz CT molecular complexity index is 422. The first-order chi connectivity index (χ1) is 11.1. The van der Waals surface area contributed by atoms with E-state index in [1.165, 1.54) is 51.7 Å². The highest BCUT2D eigenvalue weighted by atomic mass is 127. The molecule has 2 aliphatic heterocycles. The highest BCUT2D eigenvalue weighted by Crippen LogP contribution is 2.45. The van der Waals surface area contributed by atoms with Crippen LogP contribution in [-0.4, -0.2) is 86.6 Å². The third-order valence-electron chi connectivity index (χ3n) is 6.17. The highest BCUT2D eigenvalue weighted by molar-refractivity contribution is 14.0. The van der Waals surface area contributed by atoms with E-state index in [1.54, 1.807) is 0 Å². The normalized spacial score (nSPS) is 28.4. The average molecular weight is 449 g/mol. The SMILES string of the molecule is CCNC(=NCC1CN(C)CCN1C)N1CCC2(CCCC2)C1.I. The third-order valence-corrected chi connectivity index (χ3v) is 6.17. The number of guanidine groups is 1. The molecule has 0 amide bonds. The van der Waals surface area contributed by atoms with Crippen molar-refractivity contribution in [3.05, 3.63) is 0 Å². The largest absolute Gasteiger partial charge is 0.357 e. The molecule has 2 heterocycles. The second kappa shape index (κ2) is 9.03. The summed E-state index contributed by atoms with van der Waals surface area (Å²) in [5, 5.41) is 3.54. The minimum atomic E-state index is 0. The van der Waals surface area contributed by atoms with Gasteiger partial charge in [-0.15, -0.1) is 24.0 Å². The van der Waals surface area contributed by atoms with Crippen molar-refractivity contribution in [3.8, 4) is 0 Å². The van der Waals surface area contributed by atoms with E-state index in [0.29, 0.717) is 11.5 Å². The van der Waals surface area contributed by atoms with Crippen molar-refractivity contribution in [2.75, 3.05) is 59.9 Å². The number of piperazine rings is 1. The molecular weight excluding hydrogens is 413 g/mol. The van der Waals surface area contributed by atoms with Crippen LogP contribution in [0.1, 0.15) is 39.0 Å². The lowest BCUT2D eigenvalue weighted by Crippen LogP contribution is -2.51. The minimum Gasteiger partial charge on any atom is -0.357 e. The van der Waals surface area contributed by atoms with Crippen LogP contribution < -0.4 is 5.32 Å². The van der Waals surface area contributed by atoms with Crippen LogP contribution in [0.15, 0.2) is 4.99 Å². The molecule has 24 heavy (non-hydrogen) atoms. The lowest BCUT2D eigenvalue weighted by atomic mass is 9.86. The van der Waals surface area contributed by atoms with Crippen molar-refractivity contribution in [1.29, 1.82) is 0 Å². The zero-order valence-electron chi connectivity index (χ0n) is 15.8. The first-order valence-corrected chi connectivity index (χ1v) is 9.54. The van der Waals surface area contributed by atoms with Gasteiger partial charge in [-0.05, 0) is 45.7 Å². The van der Waals surface area contributed by atoms with Crippen LogP contribution in [-0.2, 0) is 0 Å². The van der Waals surface area contributed by atoms with Gasteiger partial charge in [-0.2, -0.15) is 0 Å². The van der Waals surface area contributed by atoms with E-state index in [1.807, 2.05) is 0 Å². The van der Waals surface area contributed by atoms with Gasteiger partial charge in [0.15, 0.2) is 5.96 Å². The molecule has 1 spiro atoms. The van der Waals surface area contributed by atoms with Gasteiger partial charge in [0.25, 0.3) is 0 Å². The lowest BCUT2D eigenvalue weighted by Gasteiger charge is -2.37. The van der Waals surface area contributed by atoms with Gasteiger partial charge in [0.1, 0.15) is 0 Å². The summed E-state index contributed by atoms with van der Waals surface area (Å²) in [6.45, 7) is 9.91. The van der Waals surface area contributed by atoms with Crippen molar-refractivity contribution >= 4 is 29.9 Å². The number of likely N-dealkylation sites (N-methyl/N-ethyl adjacent to an activating group) is 2. The van der Waals surface area contributed by atoms with Gasteiger partial charge >= 0.3 is 0 Å². The second-order valence-electron chi connectivity index (χ2n) is 7.97. The molecular formula is C18H36IN5. The zero-order valence-corrected chi connectivity index (χ0v) is 18.1. The molecule has 3 aliphatic rings. The Hall–Kier alpha value is -0.0800. The van der Waals surface area contributed by atoms with Crippen molar-refractivity contribution in [3.63, 3.8) is 0 Å². The molecule has 3 fully saturated rings. The molecule has 0 aromatic rings. The van der Waals surface area contributed by atoms with Gasteiger partial charge < -0.3 is 15.1 Å². The monoisotopic (exact) mass is 449 g/mol. The predicted octanol–water partition coefficient (Wildman–Crippen LogP) is 2.08. The molecule has 2 saturated heterocycles. The number of rotatable bonds is 3. The molecule has 1 aliphatic carbocycles. The molecule has 140 valence electrons. The fourth-order valence-corrected chi connectivity index (χ4v) is 4.57. The molecule has 0 aromatic heterocycles. The van der Waals surface area contributed by atoms with E-state index in [2.05, 4.69) is 41.0 Å². The van der Waals surface area contributed by atoms with Gasteiger partial charge in [0.05, 0.1) is 6.54 Å². The number of halogens is 1. The highest BCUT2D eigenvalue weighted by Gasteiger charge is 2.41. The molecule has 1 atom stereocenters. The second-order valence-corrected chi connectivity index (χ2v) is 7.97. The van der Waals surface area contributed by atoms with Crippen molar-refractivity contribution in [2.45, 2.75) is 45.1 Å².